The number of ether oxygens (including phenoxy) is 1. The Hall–Kier alpha value is -3.02. The van der Waals surface area contributed by atoms with Crippen LogP contribution >= 0.6 is 0 Å². The Balaban J connectivity index is 1.79. The molecular formula is C20H20FNO4. The third kappa shape index (κ3) is 5.51. The number of carbonyl (C=O) groups is 3. The van der Waals surface area contributed by atoms with E-state index in [1.54, 1.807) is 12.1 Å². The lowest BCUT2D eigenvalue weighted by Gasteiger charge is -2.20. The van der Waals surface area contributed by atoms with Crippen molar-refractivity contribution in [2.24, 2.45) is 0 Å². The number of para-hydroxylation sites is 1. The van der Waals surface area contributed by atoms with Gasteiger partial charge in [-0.3, -0.25) is 14.4 Å². The molecule has 0 aliphatic carbocycles. The van der Waals surface area contributed by atoms with E-state index in [0.29, 0.717) is 12.1 Å². The Kier molecular flexibility index (Phi) is 7.02. The fourth-order valence-corrected chi connectivity index (χ4v) is 2.40. The smallest absolute Gasteiger partial charge is 0.306 e. The maximum atomic E-state index is 12.8. The summed E-state index contributed by atoms with van der Waals surface area (Å²) >= 11 is 0. The van der Waals surface area contributed by atoms with Crippen molar-refractivity contribution in [3.05, 3.63) is 66.0 Å². The van der Waals surface area contributed by atoms with E-state index in [9.17, 15) is 18.8 Å². The first-order chi connectivity index (χ1) is 12.5. The Bertz CT molecular complexity index is 759. The van der Waals surface area contributed by atoms with Gasteiger partial charge in [0, 0.05) is 24.2 Å². The first-order valence-corrected chi connectivity index (χ1v) is 8.31. The standard InChI is InChI=1S/C20H20FNO4/c1-2-22(17-6-4-3-5-7-17)19(24)14-26-20(25)13-12-18(23)15-8-10-16(21)11-9-15/h3-11H,2,12-14H2,1H3. The molecular weight excluding hydrogens is 337 g/mol. The predicted octanol–water partition coefficient (Wildman–Crippen LogP) is 3.38. The van der Waals surface area contributed by atoms with Crippen LogP contribution in [0.2, 0.25) is 0 Å². The molecule has 2 rings (SSSR count). The van der Waals surface area contributed by atoms with E-state index < -0.39 is 11.8 Å². The van der Waals surface area contributed by atoms with Gasteiger partial charge in [-0.05, 0) is 43.3 Å². The number of rotatable bonds is 8. The van der Waals surface area contributed by atoms with Crippen LogP contribution in [0.5, 0.6) is 0 Å². The van der Waals surface area contributed by atoms with Crippen LogP contribution in [0.1, 0.15) is 30.1 Å². The van der Waals surface area contributed by atoms with Crippen molar-refractivity contribution in [3.63, 3.8) is 0 Å². The minimum absolute atomic E-state index is 0.0607. The fraction of sp³-hybridized carbons (Fsp3) is 0.250. The van der Waals surface area contributed by atoms with E-state index in [4.69, 9.17) is 4.74 Å². The first kappa shape index (κ1) is 19.3. The molecule has 2 aromatic carbocycles. The van der Waals surface area contributed by atoms with Crippen LogP contribution in [-0.2, 0) is 14.3 Å². The minimum Gasteiger partial charge on any atom is -0.456 e. The second kappa shape index (κ2) is 9.46. The van der Waals surface area contributed by atoms with Gasteiger partial charge in [-0.2, -0.15) is 0 Å². The van der Waals surface area contributed by atoms with Gasteiger partial charge < -0.3 is 9.64 Å². The van der Waals surface area contributed by atoms with Gasteiger partial charge in [0.05, 0.1) is 6.42 Å². The Morgan fingerprint density at radius 3 is 2.23 bits per heavy atom. The molecule has 136 valence electrons. The largest absolute Gasteiger partial charge is 0.456 e. The summed E-state index contributed by atoms with van der Waals surface area (Å²) in [6.45, 7) is 1.89. The van der Waals surface area contributed by atoms with Crippen molar-refractivity contribution in [3.8, 4) is 0 Å². The molecule has 0 heterocycles. The number of amides is 1. The summed E-state index contributed by atoms with van der Waals surface area (Å²) in [4.78, 5) is 37.4. The van der Waals surface area contributed by atoms with Gasteiger partial charge in [-0.15, -0.1) is 0 Å². The molecule has 0 saturated carbocycles. The number of carbonyl (C=O) groups excluding carboxylic acids is 3. The van der Waals surface area contributed by atoms with Gasteiger partial charge in [0.2, 0.25) is 0 Å². The molecule has 0 N–H and O–H groups in total. The maximum absolute atomic E-state index is 12.8. The summed E-state index contributed by atoms with van der Waals surface area (Å²) in [6.07, 6.45) is -0.199. The fourth-order valence-electron chi connectivity index (χ4n) is 2.40. The third-order valence-electron chi connectivity index (χ3n) is 3.76. The van der Waals surface area contributed by atoms with Crippen molar-refractivity contribution < 1.29 is 23.5 Å². The van der Waals surface area contributed by atoms with E-state index >= 15 is 0 Å². The summed E-state index contributed by atoms with van der Waals surface area (Å²) in [6, 6.07) is 14.2. The molecule has 0 radical (unpaired) electrons. The lowest BCUT2D eigenvalue weighted by atomic mass is 10.1. The van der Waals surface area contributed by atoms with Crippen LogP contribution in [0.25, 0.3) is 0 Å². The summed E-state index contributed by atoms with van der Waals surface area (Å²) < 4.78 is 17.8. The summed E-state index contributed by atoms with van der Waals surface area (Å²) in [5, 5.41) is 0. The zero-order valence-electron chi connectivity index (χ0n) is 14.5. The van der Waals surface area contributed by atoms with Crippen LogP contribution < -0.4 is 4.90 Å². The van der Waals surface area contributed by atoms with Gasteiger partial charge in [0.15, 0.2) is 12.4 Å². The molecule has 0 aliphatic heterocycles. The quantitative estimate of drug-likeness (QED) is 0.537. The molecule has 1 amide bonds. The van der Waals surface area contributed by atoms with Crippen molar-refractivity contribution >= 4 is 23.3 Å². The summed E-state index contributed by atoms with van der Waals surface area (Å²) in [5.74, 6) is -1.68. The number of likely N-dealkylation sites (N-methyl/N-ethyl adjacent to an activating group) is 1. The number of ketones is 1. The normalized spacial score (nSPS) is 10.2. The van der Waals surface area contributed by atoms with Crippen molar-refractivity contribution in [2.45, 2.75) is 19.8 Å². The average Bonchev–Trinajstić information content (AvgIpc) is 2.66. The Morgan fingerprint density at radius 2 is 1.62 bits per heavy atom. The van der Waals surface area contributed by atoms with Crippen LogP contribution in [0.4, 0.5) is 10.1 Å². The lowest BCUT2D eigenvalue weighted by Crippen LogP contribution is -2.34. The van der Waals surface area contributed by atoms with Gasteiger partial charge in [0.25, 0.3) is 5.91 Å². The number of esters is 1. The highest BCUT2D eigenvalue weighted by atomic mass is 19.1. The number of nitrogens with zero attached hydrogens (tertiary/aromatic N) is 1. The number of hydrogen-bond donors (Lipinski definition) is 0. The molecule has 0 saturated heterocycles. The molecule has 0 unspecified atom stereocenters. The topological polar surface area (TPSA) is 63.7 Å². The average molecular weight is 357 g/mol. The van der Waals surface area contributed by atoms with Crippen molar-refractivity contribution in [2.75, 3.05) is 18.1 Å². The molecule has 0 atom stereocenters. The van der Waals surface area contributed by atoms with Crippen molar-refractivity contribution in [1.29, 1.82) is 0 Å². The highest BCUT2D eigenvalue weighted by Gasteiger charge is 2.16. The lowest BCUT2D eigenvalue weighted by molar-refractivity contribution is -0.147. The molecule has 0 spiro atoms. The van der Waals surface area contributed by atoms with Crippen LogP contribution in [-0.4, -0.2) is 30.8 Å². The zero-order chi connectivity index (χ0) is 18.9. The molecule has 6 heteroatoms. The SMILES string of the molecule is CCN(C(=O)COC(=O)CCC(=O)c1ccc(F)cc1)c1ccccc1. The predicted molar refractivity (Wildman–Crippen MR) is 95.4 cm³/mol. The Morgan fingerprint density at radius 1 is 0.962 bits per heavy atom. The van der Waals surface area contributed by atoms with Gasteiger partial charge in [-0.25, -0.2) is 4.39 Å². The molecule has 2 aromatic rings. The second-order valence-corrected chi connectivity index (χ2v) is 5.56. The molecule has 0 aromatic heterocycles. The van der Waals surface area contributed by atoms with Crippen LogP contribution in [0, 0.1) is 5.82 Å². The second-order valence-electron chi connectivity index (χ2n) is 5.56. The monoisotopic (exact) mass is 357 g/mol. The summed E-state index contributed by atoms with van der Waals surface area (Å²) in [7, 11) is 0. The van der Waals surface area contributed by atoms with Gasteiger partial charge >= 0.3 is 5.97 Å². The molecule has 26 heavy (non-hydrogen) atoms. The van der Waals surface area contributed by atoms with Gasteiger partial charge in [-0.1, -0.05) is 18.2 Å². The van der Waals surface area contributed by atoms with E-state index in [1.807, 2.05) is 25.1 Å². The molecule has 0 bridgehead atoms. The van der Waals surface area contributed by atoms with E-state index in [-0.39, 0.29) is 31.1 Å². The Labute approximate surface area is 151 Å². The minimum atomic E-state index is -0.627. The number of Topliss-reactive ketones (excluding diaryl/α,β-unsaturated/α-hetero) is 1. The number of anilines is 1. The molecule has 0 aliphatic rings. The number of halogens is 1. The number of benzene rings is 2. The van der Waals surface area contributed by atoms with E-state index in [0.717, 1.165) is 5.69 Å². The highest BCUT2D eigenvalue weighted by molar-refractivity contribution is 5.98. The van der Waals surface area contributed by atoms with Crippen molar-refractivity contribution in [1.82, 2.24) is 0 Å². The van der Waals surface area contributed by atoms with E-state index in [1.165, 1.54) is 29.2 Å². The first-order valence-electron chi connectivity index (χ1n) is 8.31. The van der Waals surface area contributed by atoms with E-state index in [2.05, 4.69) is 0 Å². The summed E-state index contributed by atoms with van der Waals surface area (Å²) in [5.41, 5.74) is 1.05. The molecule has 0 fully saturated rings. The zero-order valence-corrected chi connectivity index (χ0v) is 14.5. The third-order valence-corrected chi connectivity index (χ3v) is 3.76. The highest BCUT2D eigenvalue weighted by Crippen LogP contribution is 2.13. The number of hydrogen-bond acceptors (Lipinski definition) is 4. The van der Waals surface area contributed by atoms with Gasteiger partial charge in [0.1, 0.15) is 5.82 Å². The van der Waals surface area contributed by atoms with Crippen LogP contribution in [0.15, 0.2) is 54.6 Å². The van der Waals surface area contributed by atoms with Crippen LogP contribution in [0.3, 0.4) is 0 Å². The molecule has 5 nitrogen and oxygen atoms in total. The maximum Gasteiger partial charge on any atom is 0.306 e.